The molecule has 1 unspecified atom stereocenters. The number of rotatable bonds is 7. The van der Waals surface area contributed by atoms with Crippen molar-refractivity contribution < 1.29 is 9.84 Å². The quantitative estimate of drug-likeness (QED) is 0.711. The molecule has 0 radical (unpaired) electrons. The van der Waals surface area contributed by atoms with Crippen LogP contribution in [0.5, 0.6) is 0 Å². The number of aliphatic hydroxyl groups is 1. The molecule has 0 aromatic heterocycles. The monoisotopic (exact) mass is 424 g/mol. The molecule has 1 aliphatic carbocycles. The summed E-state index contributed by atoms with van der Waals surface area (Å²) in [7, 11) is 0. The molecule has 1 heterocycles. The van der Waals surface area contributed by atoms with E-state index in [4.69, 9.17) is 4.74 Å². The fourth-order valence-electron chi connectivity index (χ4n) is 4.67. The third-order valence-corrected chi connectivity index (χ3v) is 6.61. The molecule has 0 bridgehead atoms. The number of halogens is 1. The van der Waals surface area contributed by atoms with Gasteiger partial charge in [0.1, 0.15) is 0 Å². The summed E-state index contributed by atoms with van der Waals surface area (Å²) in [6.07, 6.45) is 4.78. The van der Waals surface area contributed by atoms with Gasteiger partial charge in [-0.05, 0) is 42.6 Å². The third-order valence-electron chi connectivity index (χ3n) is 6.61. The Labute approximate surface area is 184 Å². The summed E-state index contributed by atoms with van der Waals surface area (Å²) < 4.78 is 6.06. The van der Waals surface area contributed by atoms with Gasteiger partial charge in [-0.15, -0.1) is 12.4 Å². The maximum absolute atomic E-state index is 10.4. The smallest absolute Gasteiger partial charge is 0.0900 e. The normalized spacial score (nSPS) is 25.4. The second-order valence-electron chi connectivity index (χ2n) is 9.89. The molecule has 0 spiro atoms. The van der Waals surface area contributed by atoms with E-state index < -0.39 is 0 Å². The average Bonchev–Trinajstić information content (AvgIpc) is 2.68. The van der Waals surface area contributed by atoms with E-state index in [-0.39, 0.29) is 18.5 Å². The zero-order chi connectivity index (χ0) is 20.0. The molecule has 1 aromatic rings. The van der Waals surface area contributed by atoms with Crippen LogP contribution >= 0.6 is 12.4 Å². The van der Waals surface area contributed by atoms with E-state index >= 15 is 0 Å². The minimum Gasteiger partial charge on any atom is -0.389 e. The summed E-state index contributed by atoms with van der Waals surface area (Å²) in [6.45, 7) is 13.5. The summed E-state index contributed by atoms with van der Waals surface area (Å²) in [6, 6.07) is 10.7. The van der Waals surface area contributed by atoms with E-state index in [9.17, 15) is 5.11 Å². The first-order valence-electron chi connectivity index (χ1n) is 11.2. The minimum absolute atomic E-state index is 0. The Morgan fingerprint density at radius 2 is 1.55 bits per heavy atom. The van der Waals surface area contributed by atoms with Crippen molar-refractivity contribution in [1.82, 2.24) is 9.80 Å². The van der Waals surface area contributed by atoms with Crippen molar-refractivity contribution in [2.45, 2.75) is 65.2 Å². The molecule has 1 N–H and O–H groups in total. The molecule has 1 saturated heterocycles. The van der Waals surface area contributed by atoms with Gasteiger partial charge in [0, 0.05) is 39.3 Å². The van der Waals surface area contributed by atoms with E-state index in [1.165, 1.54) is 18.4 Å². The van der Waals surface area contributed by atoms with Gasteiger partial charge in [0.2, 0.25) is 0 Å². The van der Waals surface area contributed by atoms with Crippen LogP contribution in [0.3, 0.4) is 0 Å². The molecule has 0 amide bonds. The lowest BCUT2D eigenvalue weighted by molar-refractivity contribution is -0.0473. The maximum atomic E-state index is 10.4. The number of benzene rings is 1. The third kappa shape index (κ3) is 8.18. The average molecular weight is 425 g/mol. The first-order valence-corrected chi connectivity index (χ1v) is 11.2. The molecule has 2 aliphatic rings. The molecule has 2 fully saturated rings. The number of nitrogens with zero attached hydrogens (tertiary/aromatic N) is 2. The van der Waals surface area contributed by atoms with Crippen molar-refractivity contribution in [2.24, 2.45) is 11.3 Å². The lowest BCUT2D eigenvalue weighted by Crippen LogP contribution is -2.48. The molecule has 4 nitrogen and oxygen atoms in total. The van der Waals surface area contributed by atoms with Crippen molar-refractivity contribution in [3.8, 4) is 0 Å². The topological polar surface area (TPSA) is 35.9 Å². The fourth-order valence-corrected chi connectivity index (χ4v) is 4.67. The molecular formula is C24H41ClN2O2. The standard InChI is InChI=1S/C24H40N2O2.ClH/c1-24(2,3)21-9-11-23(12-10-21)28-19-22(27)18-26-15-13-25(14-16-26)17-20-7-5-4-6-8-20;/h4-8,21-23,27H,9-19H2,1-3H3;1H. The molecule has 5 heteroatoms. The minimum atomic E-state index is -0.374. The number of β-amino-alcohol motifs (C(OH)–C–C–N with tert-alkyl or cyclic N) is 1. The van der Waals surface area contributed by atoms with Gasteiger partial charge < -0.3 is 9.84 Å². The highest BCUT2D eigenvalue weighted by molar-refractivity contribution is 5.85. The van der Waals surface area contributed by atoms with Crippen molar-refractivity contribution >= 4 is 12.4 Å². The molecule has 166 valence electrons. The van der Waals surface area contributed by atoms with Gasteiger partial charge in [0.25, 0.3) is 0 Å². The second-order valence-corrected chi connectivity index (χ2v) is 9.89. The van der Waals surface area contributed by atoms with Gasteiger partial charge in [0.15, 0.2) is 0 Å². The molecule has 3 rings (SSSR count). The molecular weight excluding hydrogens is 384 g/mol. The van der Waals surface area contributed by atoms with Gasteiger partial charge in [-0.3, -0.25) is 9.80 Å². The zero-order valence-corrected chi connectivity index (χ0v) is 19.4. The Hall–Kier alpha value is -0.650. The molecule has 1 saturated carbocycles. The van der Waals surface area contributed by atoms with Crippen LogP contribution in [0, 0.1) is 11.3 Å². The number of aliphatic hydroxyl groups excluding tert-OH is 1. The zero-order valence-electron chi connectivity index (χ0n) is 18.6. The summed E-state index contributed by atoms with van der Waals surface area (Å²) in [4.78, 5) is 4.88. The Morgan fingerprint density at radius 3 is 2.14 bits per heavy atom. The number of hydrogen-bond acceptors (Lipinski definition) is 4. The van der Waals surface area contributed by atoms with Gasteiger partial charge >= 0.3 is 0 Å². The Balaban J connectivity index is 0.00000300. The van der Waals surface area contributed by atoms with E-state index in [1.54, 1.807) is 0 Å². The lowest BCUT2D eigenvalue weighted by Gasteiger charge is -2.37. The van der Waals surface area contributed by atoms with Gasteiger partial charge in [0.05, 0.1) is 18.8 Å². The predicted octanol–water partition coefficient (Wildman–Crippen LogP) is 4.21. The van der Waals surface area contributed by atoms with Crippen LogP contribution in [0.15, 0.2) is 30.3 Å². The summed E-state index contributed by atoms with van der Waals surface area (Å²) in [5, 5.41) is 10.4. The molecule has 1 aliphatic heterocycles. The van der Waals surface area contributed by atoms with E-state index in [0.717, 1.165) is 58.0 Å². The van der Waals surface area contributed by atoms with Crippen LogP contribution in [0.2, 0.25) is 0 Å². The van der Waals surface area contributed by atoms with Crippen molar-refractivity contribution in [1.29, 1.82) is 0 Å². The Morgan fingerprint density at radius 1 is 0.966 bits per heavy atom. The number of ether oxygens (including phenoxy) is 1. The summed E-state index contributed by atoms with van der Waals surface area (Å²) in [5.41, 5.74) is 1.79. The van der Waals surface area contributed by atoms with Gasteiger partial charge in [-0.1, -0.05) is 51.1 Å². The Kier molecular flexibility index (Phi) is 9.90. The lowest BCUT2D eigenvalue weighted by atomic mass is 9.72. The molecule has 29 heavy (non-hydrogen) atoms. The van der Waals surface area contributed by atoms with Gasteiger partial charge in [-0.2, -0.15) is 0 Å². The van der Waals surface area contributed by atoms with Crippen LogP contribution in [-0.4, -0.2) is 66.4 Å². The van der Waals surface area contributed by atoms with E-state index in [0.29, 0.717) is 18.1 Å². The Bertz CT molecular complexity index is 562. The highest BCUT2D eigenvalue weighted by Crippen LogP contribution is 2.38. The van der Waals surface area contributed by atoms with E-state index in [1.807, 2.05) is 0 Å². The van der Waals surface area contributed by atoms with Crippen LogP contribution in [0.25, 0.3) is 0 Å². The highest BCUT2D eigenvalue weighted by Gasteiger charge is 2.30. The SMILES string of the molecule is CC(C)(C)C1CCC(OCC(O)CN2CCN(Cc3ccccc3)CC2)CC1.Cl. The first-order chi connectivity index (χ1) is 13.4. The number of hydrogen-bond donors (Lipinski definition) is 1. The maximum Gasteiger partial charge on any atom is 0.0900 e. The highest BCUT2D eigenvalue weighted by atomic mass is 35.5. The van der Waals surface area contributed by atoms with E-state index in [2.05, 4.69) is 60.9 Å². The molecule has 1 aromatic carbocycles. The van der Waals surface area contributed by atoms with Crippen LogP contribution < -0.4 is 0 Å². The van der Waals surface area contributed by atoms with Crippen molar-refractivity contribution in [3.05, 3.63) is 35.9 Å². The van der Waals surface area contributed by atoms with Gasteiger partial charge in [-0.25, -0.2) is 0 Å². The fraction of sp³-hybridized carbons (Fsp3) is 0.750. The van der Waals surface area contributed by atoms with Crippen LogP contribution in [-0.2, 0) is 11.3 Å². The molecule has 1 atom stereocenters. The van der Waals surface area contributed by atoms with Crippen molar-refractivity contribution in [2.75, 3.05) is 39.3 Å². The first kappa shape index (κ1) is 24.6. The van der Waals surface area contributed by atoms with Crippen LogP contribution in [0.4, 0.5) is 0 Å². The van der Waals surface area contributed by atoms with Crippen molar-refractivity contribution in [3.63, 3.8) is 0 Å². The van der Waals surface area contributed by atoms with Crippen LogP contribution in [0.1, 0.15) is 52.0 Å². The largest absolute Gasteiger partial charge is 0.389 e. The summed E-state index contributed by atoms with van der Waals surface area (Å²) in [5.74, 6) is 0.810. The number of piperazine rings is 1. The second kappa shape index (κ2) is 11.7. The summed E-state index contributed by atoms with van der Waals surface area (Å²) >= 11 is 0. The predicted molar refractivity (Wildman–Crippen MR) is 123 cm³/mol.